The molecule has 3 rings (SSSR count). The van der Waals surface area contributed by atoms with Crippen LogP contribution in [0.1, 0.15) is 23.7 Å². The molecule has 0 amide bonds. The fourth-order valence-corrected chi connectivity index (χ4v) is 2.71. The minimum atomic E-state index is -0.406. The molecular formula is C16H16O6. The summed E-state index contributed by atoms with van der Waals surface area (Å²) in [6, 6.07) is 5.64. The molecule has 1 atom stereocenters. The van der Waals surface area contributed by atoms with Gasteiger partial charge in [0.25, 0.3) is 0 Å². The number of fused-ring (bicyclic) bond motifs is 1. The third-order valence-electron chi connectivity index (χ3n) is 3.74. The first-order valence-corrected chi connectivity index (χ1v) is 6.81. The second-order valence-electron chi connectivity index (χ2n) is 5.18. The number of ether oxygens (including phenoxy) is 2. The average Bonchev–Trinajstić information content (AvgIpc) is 2.46. The van der Waals surface area contributed by atoms with Crippen molar-refractivity contribution in [3.8, 4) is 34.5 Å². The van der Waals surface area contributed by atoms with Gasteiger partial charge in [-0.25, -0.2) is 0 Å². The Kier molecular flexibility index (Phi) is 3.36. The Balaban J connectivity index is 1.95. The molecule has 4 N–H and O–H groups in total. The largest absolute Gasteiger partial charge is 0.508 e. The Morgan fingerprint density at radius 2 is 1.68 bits per heavy atom. The topological polar surface area (TPSA) is 99.4 Å². The van der Waals surface area contributed by atoms with Crippen LogP contribution >= 0.6 is 0 Å². The van der Waals surface area contributed by atoms with Gasteiger partial charge < -0.3 is 29.9 Å². The van der Waals surface area contributed by atoms with E-state index < -0.39 is 6.10 Å². The standard InChI is InChI=1S/C16H16O6/c1-21-16-12(19)4-8(5-13(16)20)14-3-2-10-11(18)6-9(17)7-15(10)22-14/h4-7,14,17-20H,2-3H2,1H3/t14-/m1/s1. The summed E-state index contributed by atoms with van der Waals surface area (Å²) in [4.78, 5) is 0. The van der Waals surface area contributed by atoms with Crippen LogP contribution in [0.2, 0.25) is 0 Å². The molecule has 0 bridgehead atoms. The average molecular weight is 304 g/mol. The molecule has 1 heterocycles. The van der Waals surface area contributed by atoms with Crippen molar-refractivity contribution in [3.63, 3.8) is 0 Å². The van der Waals surface area contributed by atoms with Gasteiger partial charge in [0.1, 0.15) is 23.4 Å². The second kappa shape index (κ2) is 5.22. The van der Waals surface area contributed by atoms with Crippen LogP contribution in [0.3, 0.4) is 0 Å². The molecule has 6 nitrogen and oxygen atoms in total. The van der Waals surface area contributed by atoms with E-state index in [0.717, 1.165) is 0 Å². The van der Waals surface area contributed by atoms with Gasteiger partial charge in [0, 0.05) is 17.7 Å². The zero-order valence-corrected chi connectivity index (χ0v) is 11.9. The lowest BCUT2D eigenvalue weighted by Gasteiger charge is -2.27. The smallest absolute Gasteiger partial charge is 0.202 e. The summed E-state index contributed by atoms with van der Waals surface area (Å²) in [5.74, 6) is -0.0405. The van der Waals surface area contributed by atoms with Gasteiger partial charge in [-0.15, -0.1) is 0 Å². The molecule has 22 heavy (non-hydrogen) atoms. The summed E-state index contributed by atoms with van der Waals surface area (Å²) < 4.78 is 10.7. The monoisotopic (exact) mass is 304 g/mol. The molecule has 1 aliphatic rings. The predicted molar refractivity (Wildman–Crippen MR) is 77.8 cm³/mol. The zero-order valence-electron chi connectivity index (χ0n) is 11.9. The Labute approximate surface area is 126 Å². The number of hydrogen-bond acceptors (Lipinski definition) is 6. The summed E-state index contributed by atoms with van der Waals surface area (Å²) >= 11 is 0. The third kappa shape index (κ3) is 2.32. The lowest BCUT2D eigenvalue weighted by atomic mass is 9.96. The van der Waals surface area contributed by atoms with Crippen molar-refractivity contribution >= 4 is 0 Å². The quantitative estimate of drug-likeness (QED) is 0.680. The van der Waals surface area contributed by atoms with Crippen molar-refractivity contribution in [2.75, 3.05) is 7.11 Å². The zero-order chi connectivity index (χ0) is 15.9. The van der Waals surface area contributed by atoms with Gasteiger partial charge in [0.05, 0.1) is 7.11 Å². The number of rotatable bonds is 2. The molecule has 2 aromatic carbocycles. The summed E-state index contributed by atoms with van der Waals surface area (Å²) in [5, 5.41) is 39.1. The summed E-state index contributed by atoms with van der Waals surface area (Å²) in [7, 11) is 1.35. The number of aromatic hydroxyl groups is 4. The van der Waals surface area contributed by atoms with E-state index in [1.54, 1.807) is 0 Å². The van der Waals surface area contributed by atoms with Crippen LogP contribution in [0, 0.1) is 0 Å². The fourth-order valence-electron chi connectivity index (χ4n) is 2.71. The maximum Gasteiger partial charge on any atom is 0.202 e. The van der Waals surface area contributed by atoms with Crippen molar-refractivity contribution < 1.29 is 29.9 Å². The van der Waals surface area contributed by atoms with Crippen LogP contribution in [0.15, 0.2) is 24.3 Å². The van der Waals surface area contributed by atoms with Crippen molar-refractivity contribution in [1.29, 1.82) is 0 Å². The molecule has 116 valence electrons. The normalized spacial score (nSPS) is 16.7. The highest BCUT2D eigenvalue weighted by Crippen LogP contribution is 2.44. The summed E-state index contributed by atoms with van der Waals surface area (Å²) in [5.41, 5.74) is 1.22. The van der Waals surface area contributed by atoms with Crippen molar-refractivity contribution in [1.82, 2.24) is 0 Å². The Bertz CT molecular complexity index is 702. The van der Waals surface area contributed by atoms with Gasteiger partial charge in [0.15, 0.2) is 11.5 Å². The first-order valence-electron chi connectivity index (χ1n) is 6.81. The van der Waals surface area contributed by atoms with E-state index in [1.165, 1.54) is 31.4 Å². The van der Waals surface area contributed by atoms with E-state index >= 15 is 0 Å². The molecule has 1 aliphatic heterocycles. The minimum Gasteiger partial charge on any atom is -0.508 e. The molecule has 6 heteroatoms. The molecule has 0 saturated heterocycles. The Morgan fingerprint density at radius 3 is 2.32 bits per heavy atom. The lowest BCUT2D eigenvalue weighted by Crippen LogP contribution is -2.15. The SMILES string of the molecule is COc1c(O)cc([C@H]2CCc3c(O)cc(O)cc3O2)cc1O. The molecule has 0 unspecified atom stereocenters. The number of benzene rings is 2. The minimum absolute atomic E-state index is 0.00567. The van der Waals surface area contributed by atoms with Crippen LogP contribution < -0.4 is 9.47 Å². The Hall–Kier alpha value is -2.76. The second-order valence-corrected chi connectivity index (χ2v) is 5.18. The molecule has 0 spiro atoms. The number of phenolic OH excluding ortho intramolecular Hbond substituents is 4. The van der Waals surface area contributed by atoms with Gasteiger partial charge in [-0.3, -0.25) is 0 Å². The molecule has 0 fully saturated rings. The van der Waals surface area contributed by atoms with E-state index in [0.29, 0.717) is 29.7 Å². The highest BCUT2D eigenvalue weighted by atomic mass is 16.5. The fraction of sp³-hybridized carbons (Fsp3) is 0.250. The van der Waals surface area contributed by atoms with Crippen LogP contribution in [0.5, 0.6) is 34.5 Å². The number of phenols is 4. The van der Waals surface area contributed by atoms with Crippen molar-refractivity contribution in [2.45, 2.75) is 18.9 Å². The molecule has 0 aliphatic carbocycles. The van der Waals surface area contributed by atoms with Crippen LogP contribution in [-0.4, -0.2) is 27.5 Å². The summed E-state index contributed by atoms with van der Waals surface area (Å²) in [6.45, 7) is 0. The van der Waals surface area contributed by atoms with E-state index in [9.17, 15) is 20.4 Å². The lowest BCUT2D eigenvalue weighted by molar-refractivity contribution is 0.173. The van der Waals surface area contributed by atoms with Gasteiger partial charge in [-0.05, 0) is 30.5 Å². The van der Waals surface area contributed by atoms with Gasteiger partial charge in [-0.1, -0.05) is 0 Å². The highest BCUT2D eigenvalue weighted by molar-refractivity contribution is 5.54. The van der Waals surface area contributed by atoms with Crippen molar-refractivity contribution in [2.24, 2.45) is 0 Å². The highest BCUT2D eigenvalue weighted by Gasteiger charge is 2.26. The predicted octanol–water partition coefficient (Wildman–Crippen LogP) is 2.58. The molecule has 2 aromatic rings. The van der Waals surface area contributed by atoms with Gasteiger partial charge in [-0.2, -0.15) is 0 Å². The van der Waals surface area contributed by atoms with Crippen LogP contribution in [0.4, 0.5) is 0 Å². The molecular weight excluding hydrogens is 288 g/mol. The van der Waals surface area contributed by atoms with E-state index in [-0.39, 0.29) is 28.7 Å². The first kappa shape index (κ1) is 14.2. The molecule has 0 radical (unpaired) electrons. The third-order valence-corrected chi connectivity index (χ3v) is 3.74. The van der Waals surface area contributed by atoms with Gasteiger partial charge in [0.2, 0.25) is 5.75 Å². The van der Waals surface area contributed by atoms with Crippen LogP contribution in [0.25, 0.3) is 0 Å². The van der Waals surface area contributed by atoms with E-state index in [4.69, 9.17) is 9.47 Å². The number of hydrogen-bond donors (Lipinski definition) is 4. The number of methoxy groups -OCH3 is 1. The molecule has 0 saturated carbocycles. The van der Waals surface area contributed by atoms with Crippen LogP contribution in [-0.2, 0) is 6.42 Å². The first-order chi connectivity index (χ1) is 10.5. The van der Waals surface area contributed by atoms with Crippen molar-refractivity contribution in [3.05, 3.63) is 35.4 Å². The Morgan fingerprint density at radius 1 is 1.00 bits per heavy atom. The van der Waals surface area contributed by atoms with E-state index in [2.05, 4.69) is 0 Å². The maximum absolute atomic E-state index is 9.87. The summed E-state index contributed by atoms with van der Waals surface area (Å²) in [6.07, 6.45) is 0.715. The molecule has 0 aromatic heterocycles. The van der Waals surface area contributed by atoms with E-state index in [1.807, 2.05) is 0 Å². The maximum atomic E-state index is 9.87. The van der Waals surface area contributed by atoms with Gasteiger partial charge >= 0.3 is 0 Å².